The fourth-order valence-corrected chi connectivity index (χ4v) is 3.70. The lowest BCUT2D eigenvalue weighted by molar-refractivity contribution is -0.0516. The molecule has 2 rings (SSSR count). The second-order valence-electron chi connectivity index (χ2n) is 4.45. The zero-order chi connectivity index (χ0) is 14.0. The number of aliphatic hydroxyl groups is 1. The number of sulfonamides is 1. The Bertz CT molecular complexity index is 549. The first-order valence-electron chi connectivity index (χ1n) is 5.91. The molecule has 2 unspecified atom stereocenters. The summed E-state index contributed by atoms with van der Waals surface area (Å²) in [5, 5.41) is 9.10. The summed E-state index contributed by atoms with van der Waals surface area (Å²) in [5.41, 5.74) is 5.63. The van der Waals surface area contributed by atoms with E-state index in [1.54, 1.807) is 6.92 Å². The zero-order valence-electron chi connectivity index (χ0n) is 10.6. The van der Waals surface area contributed by atoms with Gasteiger partial charge in [0, 0.05) is 18.8 Å². The van der Waals surface area contributed by atoms with E-state index in [4.69, 9.17) is 15.6 Å². The molecule has 0 saturated carbocycles. The maximum Gasteiger partial charge on any atom is 0.247 e. The molecular formula is C11H17N3O4S. The number of hydrogen-bond donors (Lipinski definition) is 2. The highest BCUT2D eigenvalue weighted by Crippen LogP contribution is 2.24. The highest BCUT2D eigenvalue weighted by Gasteiger charge is 2.36. The molecule has 19 heavy (non-hydrogen) atoms. The third-order valence-corrected chi connectivity index (χ3v) is 5.07. The summed E-state index contributed by atoms with van der Waals surface area (Å²) in [6.07, 6.45) is 0.928. The first kappa shape index (κ1) is 14.2. The Morgan fingerprint density at radius 2 is 2.37 bits per heavy atom. The average molecular weight is 287 g/mol. The van der Waals surface area contributed by atoms with Gasteiger partial charge in [-0.2, -0.15) is 4.31 Å². The first-order valence-corrected chi connectivity index (χ1v) is 7.35. The van der Waals surface area contributed by atoms with Crippen LogP contribution in [0.1, 0.15) is 6.92 Å². The van der Waals surface area contributed by atoms with Crippen molar-refractivity contribution in [1.82, 2.24) is 9.29 Å². The van der Waals surface area contributed by atoms with Crippen LogP contribution in [0.4, 0.5) is 5.82 Å². The Hall–Kier alpha value is -1.22. The Kier molecular flexibility index (Phi) is 4.04. The van der Waals surface area contributed by atoms with E-state index in [9.17, 15) is 8.42 Å². The molecule has 1 aromatic rings. The molecule has 0 bridgehead atoms. The van der Waals surface area contributed by atoms with Gasteiger partial charge in [-0.15, -0.1) is 0 Å². The molecule has 2 heterocycles. The number of nitrogen functional groups attached to an aromatic ring is 1. The largest absolute Gasteiger partial charge is 0.394 e. The number of nitrogens with two attached hydrogens (primary N) is 1. The van der Waals surface area contributed by atoms with Crippen molar-refractivity contribution < 1.29 is 18.3 Å². The first-order chi connectivity index (χ1) is 8.96. The molecular weight excluding hydrogens is 270 g/mol. The van der Waals surface area contributed by atoms with Crippen molar-refractivity contribution in [3.63, 3.8) is 0 Å². The van der Waals surface area contributed by atoms with Gasteiger partial charge in [0.1, 0.15) is 10.7 Å². The van der Waals surface area contributed by atoms with Crippen molar-refractivity contribution in [2.24, 2.45) is 0 Å². The molecule has 0 amide bonds. The van der Waals surface area contributed by atoms with Gasteiger partial charge >= 0.3 is 0 Å². The number of aromatic nitrogens is 1. The lowest BCUT2D eigenvalue weighted by Crippen LogP contribution is -2.51. The minimum absolute atomic E-state index is 0.0135. The second kappa shape index (κ2) is 5.41. The van der Waals surface area contributed by atoms with E-state index in [1.165, 1.54) is 22.6 Å². The van der Waals surface area contributed by atoms with Crippen LogP contribution in [-0.4, -0.2) is 54.7 Å². The van der Waals surface area contributed by atoms with Crippen LogP contribution in [0.25, 0.3) is 0 Å². The monoisotopic (exact) mass is 287 g/mol. The number of ether oxygens (including phenoxy) is 1. The number of anilines is 1. The summed E-state index contributed by atoms with van der Waals surface area (Å²) in [6, 6.07) is 2.64. The fraction of sp³-hybridized carbons (Fsp3) is 0.545. The van der Waals surface area contributed by atoms with Gasteiger partial charge in [0.05, 0.1) is 19.3 Å². The van der Waals surface area contributed by atoms with Crippen LogP contribution in [-0.2, 0) is 14.8 Å². The maximum absolute atomic E-state index is 12.5. The van der Waals surface area contributed by atoms with Crippen molar-refractivity contribution >= 4 is 15.8 Å². The molecule has 1 fully saturated rings. The molecule has 1 aliphatic heterocycles. The maximum atomic E-state index is 12.5. The van der Waals surface area contributed by atoms with Crippen molar-refractivity contribution in [2.45, 2.75) is 24.0 Å². The molecule has 1 aromatic heterocycles. The van der Waals surface area contributed by atoms with E-state index >= 15 is 0 Å². The predicted octanol–water partition coefficient (Wildman–Crippen LogP) is -0.566. The quantitative estimate of drug-likeness (QED) is 0.771. The lowest BCUT2D eigenvalue weighted by Gasteiger charge is -2.36. The summed E-state index contributed by atoms with van der Waals surface area (Å²) in [5.74, 6) is -0.0262. The van der Waals surface area contributed by atoms with Crippen molar-refractivity contribution in [1.29, 1.82) is 0 Å². The molecule has 0 radical (unpaired) electrons. The number of pyridine rings is 1. The average Bonchev–Trinajstić information content (AvgIpc) is 2.39. The number of aliphatic hydroxyl groups excluding tert-OH is 1. The summed E-state index contributed by atoms with van der Waals surface area (Å²) >= 11 is 0. The van der Waals surface area contributed by atoms with Crippen LogP contribution >= 0.6 is 0 Å². The Balaban J connectivity index is 2.36. The van der Waals surface area contributed by atoms with E-state index in [0.717, 1.165) is 0 Å². The standard InChI is InChI=1S/C11H17N3O4S/c1-8-7-18-9(6-15)5-14(8)19(16,17)10-3-2-4-13-11(10)12/h2-4,8-9,15H,5-7H2,1H3,(H2,12,13). The number of morpholine rings is 1. The summed E-state index contributed by atoms with van der Waals surface area (Å²) in [4.78, 5) is 3.78. The van der Waals surface area contributed by atoms with Crippen molar-refractivity contribution in [2.75, 3.05) is 25.5 Å². The van der Waals surface area contributed by atoms with Crippen LogP contribution in [0, 0.1) is 0 Å². The summed E-state index contributed by atoms with van der Waals surface area (Å²) in [7, 11) is -3.73. The second-order valence-corrected chi connectivity index (χ2v) is 6.31. The van der Waals surface area contributed by atoms with Crippen LogP contribution in [0.5, 0.6) is 0 Å². The minimum Gasteiger partial charge on any atom is -0.394 e. The normalized spacial score (nSPS) is 25.4. The molecule has 2 atom stereocenters. The van der Waals surface area contributed by atoms with Gasteiger partial charge in [-0.1, -0.05) is 0 Å². The van der Waals surface area contributed by atoms with Crippen LogP contribution in [0.15, 0.2) is 23.2 Å². The highest BCUT2D eigenvalue weighted by atomic mass is 32.2. The van der Waals surface area contributed by atoms with Crippen molar-refractivity contribution in [3.05, 3.63) is 18.3 Å². The van der Waals surface area contributed by atoms with E-state index in [2.05, 4.69) is 4.98 Å². The van der Waals surface area contributed by atoms with Crippen LogP contribution in [0.2, 0.25) is 0 Å². The Labute approximate surface area is 112 Å². The van der Waals surface area contributed by atoms with Gasteiger partial charge < -0.3 is 15.6 Å². The molecule has 8 heteroatoms. The Morgan fingerprint density at radius 3 is 3.00 bits per heavy atom. The van der Waals surface area contributed by atoms with Crippen LogP contribution < -0.4 is 5.73 Å². The third-order valence-electron chi connectivity index (χ3n) is 3.04. The van der Waals surface area contributed by atoms with Gasteiger partial charge in [-0.3, -0.25) is 0 Å². The highest BCUT2D eigenvalue weighted by molar-refractivity contribution is 7.89. The molecule has 106 valence electrons. The zero-order valence-corrected chi connectivity index (χ0v) is 11.4. The third kappa shape index (κ3) is 2.71. The SMILES string of the molecule is CC1COC(CO)CN1S(=O)(=O)c1cccnc1N. The van der Waals surface area contributed by atoms with Crippen LogP contribution in [0.3, 0.4) is 0 Å². The van der Waals surface area contributed by atoms with Gasteiger partial charge in [-0.05, 0) is 19.1 Å². The van der Waals surface area contributed by atoms with Gasteiger partial charge in [0.2, 0.25) is 10.0 Å². The molecule has 3 N–H and O–H groups in total. The molecule has 1 saturated heterocycles. The van der Waals surface area contributed by atoms with Crippen molar-refractivity contribution in [3.8, 4) is 0 Å². The van der Waals surface area contributed by atoms with E-state index in [-0.39, 0.29) is 36.5 Å². The van der Waals surface area contributed by atoms with Gasteiger partial charge in [-0.25, -0.2) is 13.4 Å². The Morgan fingerprint density at radius 1 is 1.63 bits per heavy atom. The van der Waals surface area contributed by atoms with E-state index in [0.29, 0.717) is 0 Å². The molecule has 0 aliphatic carbocycles. The molecule has 0 spiro atoms. The minimum atomic E-state index is -3.73. The fourth-order valence-electron chi connectivity index (χ4n) is 1.98. The smallest absolute Gasteiger partial charge is 0.247 e. The topological polar surface area (TPSA) is 106 Å². The summed E-state index contributed by atoms with van der Waals surface area (Å²) in [6.45, 7) is 1.87. The molecule has 0 aromatic carbocycles. The van der Waals surface area contributed by atoms with E-state index in [1.807, 2.05) is 0 Å². The molecule has 1 aliphatic rings. The number of hydrogen-bond acceptors (Lipinski definition) is 6. The van der Waals surface area contributed by atoms with Gasteiger partial charge in [0.25, 0.3) is 0 Å². The number of rotatable bonds is 3. The number of nitrogens with zero attached hydrogens (tertiary/aromatic N) is 2. The van der Waals surface area contributed by atoms with Gasteiger partial charge in [0.15, 0.2) is 0 Å². The summed E-state index contributed by atoms with van der Waals surface area (Å²) < 4.78 is 31.7. The molecule has 7 nitrogen and oxygen atoms in total. The predicted molar refractivity (Wildman–Crippen MR) is 68.8 cm³/mol. The lowest BCUT2D eigenvalue weighted by atomic mass is 10.2. The van der Waals surface area contributed by atoms with E-state index < -0.39 is 16.1 Å².